The average Bonchev–Trinajstić information content (AvgIpc) is 3.40. The number of para-hydroxylation sites is 1. The normalized spacial score (nSPS) is 13.9. The van der Waals surface area contributed by atoms with Crippen LogP contribution >= 0.6 is 15.9 Å². The lowest BCUT2D eigenvalue weighted by Gasteiger charge is -2.23. The molecule has 1 aliphatic rings. The van der Waals surface area contributed by atoms with E-state index < -0.39 is 0 Å². The van der Waals surface area contributed by atoms with Crippen LogP contribution in [-0.4, -0.2) is 21.8 Å². The number of carbonyl (C=O) groups excluding carboxylic acids is 1. The zero-order valence-electron chi connectivity index (χ0n) is 14.7. The summed E-state index contributed by atoms with van der Waals surface area (Å²) in [5.41, 5.74) is 3.66. The summed E-state index contributed by atoms with van der Waals surface area (Å²) in [5, 5.41) is 1.27. The Morgan fingerprint density at radius 1 is 1.15 bits per heavy atom. The van der Waals surface area contributed by atoms with Gasteiger partial charge in [0.15, 0.2) is 0 Å². The SMILES string of the molecule is O=C(CCCc1c[nH]c2ccccc12)N(Cc1cccc(Br)c1)C1CC1. The van der Waals surface area contributed by atoms with Crippen molar-refractivity contribution in [2.75, 3.05) is 0 Å². The monoisotopic (exact) mass is 410 g/mol. The summed E-state index contributed by atoms with van der Waals surface area (Å²) in [4.78, 5) is 18.2. The van der Waals surface area contributed by atoms with Gasteiger partial charge in [-0.2, -0.15) is 0 Å². The number of rotatable bonds is 7. The van der Waals surface area contributed by atoms with E-state index in [-0.39, 0.29) is 5.91 Å². The fourth-order valence-corrected chi connectivity index (χ4v) is 4.00. The Hall–Kier alpha value is -2.07. The number of fused-ring (bicyclic) bond motifs is 1. The number of aryl methyl sites for hydroxylation is 1. The molecule has 26 heavy (non-hydrogen) atoms. The Kier molecular flexibility index (Phi) is 5.11. The van der Waals surface area contributed by atoms with Gasteiger partial charge in [-0.1, -0.05) is 46.3 Å². The summed E-state index contributed by atoms with van der Waals surface area (Å²) in [6, 6.07) is 17.0. The number of H-pyrrole nitrogens is 1. The molecule has 0 spiro atoms. The van der Waals surface area contributed by atoms with Crippen LogP contribution in [0, 0.1) is 0 Å². The van der Waals surface area contributed by atoms with E-state index in [9.17, 15) is 4.79 Å². The summed E-state index contributed by atoms with van der Waals surface area (Å²) >= 11 is 3.52. The molecule has 1 amide bonds. The van der Waals surface area contributed by atoms with E-state index in [2.05, 4.69) is 62.3 Å². The summed E-state index contributed by atoms with van der Waals surface area (Å²) in [6.45, 7) is 0.718. The molecule has 0 aliphatic heterocycles. The van der Waals surface area contributed by atoms with Crippen molar-refractivity contribution in [3.05, 3.63) is 70.3 Å². The zero-order valence-corrected chi connectivity index (χ0v) is 16.3. The number of nitrogens with zero attached hydrogens (tertiary/aromatic N) is 1. The molecule has 0 unspecified atom stereocenters. The number of hydrogen-bond acceptors (Lipinski definition) is 1. The molecular formula is C22H23BrN2O. The smallest absolute Gasteiger partial charge is 0.223 e. The van der Waals surface area contributed by atoms with Crippen molar-refractivity contribution < 1.29 is 4.79 Å². The lowest BCUT2D eigenvalue weighted by molar-refractivity contribution is -0.132. The number of amides is 1. The van der Waals surface area contributed by atoms with Crippen LogP contribution in [0.15, 0.2) is 59.2 Å². The molecule has 4 heteroatoms. The van der Waals surface area contributed by atoms with Crippen molar-refractivity contribution in [2.24, 2.45) is 0 Å². The predicted octanol–water partition coefficient (Wildman–Crippen LogP) is 5.44. The van der Waals surface area contributed by atoms with E-state index in [1.807, 2.05) is 18.2 Å². The first-order valence-electron chi connectivity index (χ1n) is 9.29. The molecule has 0 bridgehead atoms. The maximum absolute atomic E-state index is 12.8. The maximum atomic E-state index is 12.8. The van der Waals surface area contributed by atoms with E-state index >= 15 is 0 Å². The van der Waals surface area contributed by atoms with E-state index in [1.165, 1.54) is 22.0 Å². The Labute approximate surface area is 162 Å². The Morgan fingerprint density at radius 2 is 2.00 bits per heavy atom. The van der Waals surface area contributed by atoms with E-state index in [4.69, 9.17) is 0 Å². The molecule has 1 fully saturated rings. The molecule has 3 aromatic rings. The number of carbonyl (C=O) groups is 1. The lowest BCUT2D eigenvalue weighted by atomic mass is 10.1. The van der Waals surface area contributed by atoms with Gasteiger partial charge in [-0.15, -0.1) is 0 Å². The third-order valence-corrected chi connectivity index (χ3v) is 5.55. The lowest BCUT2D eigenvalue weighted by Crippen LogP contribution is -2.32. The minimum atomic E-state index is 0.285. The van der Waals surface area contributed by atoms with Gasteiger partial charge in [0.25, 0.3) is 0 Å². The van der Waals surface area contributed by atoms with Crippen molar-refractivity contribution in [1.29, 1.82) is 0 Å². The van der Waals surface area contributed by atoms with Crippen molar-refractivity contribution in [2.45, 2.75) is 44.7 Å². The predicted molar refractivity (Wildman–Crippen MR) is 109 cm³/mol. The maximum Gasteiger partial charge on any atom is 0.223 e. The molecule has 134 valence electrons. The highest BCUT2D eigenvalue weighted by molar-refractivity contribution is 9.10. The van der Waals surface area contributed by atoms with Gasteiger partial charge < -0.3 is 9.88 Å². The highest BCUT2D eigenvalue weighted by Gasteiger charge is 2.32. The number of benzene rings is 2. The summed E-state index contributed by atoms with van der Waals surface area (Å²) in [5.74, 6) is 0.285. The fraction of sp³-hybridized carbons (Fsp3) is 0.318. The highest BCUT2D eigenvalue weighted by Crippen LogP contribution is 2.30. The second-order valence-corrected chi connectivity index (χ2v) is 8.01. The van der Waals surface area contributed by atoms with E-state index in [0.717, 1.165) is 36.7 Å². The second-order valence-electron chi connectivity index (χ2n) is 7.10. The van der Waals surface area contributed by atoms with Gasteiger partial charge >= 0.3 is 0 Å². The molecule has 0 radical (unpaired) electrons. The Balaban J connectivity index is 1.36. The number of nitrogens with one attached hydrogen (secondary N) is 1. The van der Waals surface area contributed by atoms with Crippen LogP contribution in [0.5, 0.6) is 0 Å². The summed E-state index contributed by atoms with van der Waals surface area (Å²) < 4.78 is 1.07. The zero-order chi connectivity index (χ0) is 17.9. The van der Waals surface area contributed by atoms with Crippen LogP contribution < -0.4 is 0 Å². The molecule has 4 rings (SSSR count). The molecular weight excluding hydrogens is 388 g/mol. The molecule has 0 saturated heterocycles. The largest absolute Gasteiger partial charge is 0.361 e. The third kappa shape index (κ3) is 4.01. The molecule has 1 heterocycles. The number of halogens is 1. The van der Waals surface area contributed by atoms with Crippen LogP contribution in [0.2, 0.25) is 0 Å². The molecule has 2 aromatic carbocycles. The van der Waals surface area contributed by atoms with Gasteiger partial charge in [-0.25, -0.2) is 0 Å². The van der Waals surface area contributed by atoms with Gasteiger partial charge in [0.05, 0.1) is 0 Å². The molecule has 0 atom stereocenters. The number of hydrogen-bond donors (Lipinski definition) is 1. The molecule has 3 nitrogen and oxygen atoms in total. The number of aromatic nitrogens is 1. The third-order valence-electron chi connectivity index (χ3n) is 5.06. The van der Waals surface area contributed by atoms with Crippen LogP contribution in [-0.2, 0) is 17.8 Å². The fourth-order valence-electron chi connectivity index (χ4n) is 3.55. The van der Waals surface area contributed by atoms with Crippen LogP contribution in [0.25, 0.3) is 10.9 Å². The van der Waals surface area contributed by atoms with Crippen LogP contribution in [0.4, 0.5) is 0 Å². The molecule has 1 N–H and O–H groups in total. The first-order chi connectivity index (χ1) is 12.7. The van der Waals surface area contributed by atoms with E-state index in [0.29, 0.717) is 12.5 Å². The highest BCUT2D eigenvalue weighted by atomic mass is 79.9. The molecule has 1 aliphatic carbocycles. The second kappa shape index (κ2) is 7.67. The van der Waals surface area contributed by atoms with E-state index in [1.54, 1.807) is 0 Å². The van der Waals surface area contributed by atoms with Gasteiger partial charge in [-0.3, -0.25) is 4.79 Å². The van der Waals surface area contributed by atoms with Crippen molar-refractivity contribution in [3.63, 3.8) is 0 Å². The first-order valence-corrected chi connectivity index (χ1v) is 10.1. The standard InChI is InChI=1S/C22H23BrN2O/c23-18-7-3-5-16(13-18)15-25(19-11-12-19)22(26)10-4-6-17-14-24-21-9-2-1-8-20(17)21/h1-3,5,7-9,13-14,19,24H,4,6,10-12,15H2. The van der Waals surface area contributed by atoms with Gasteiger partial charge in [0.1, 0.15) is 0 Å². The van der Waals surface area contributed by atoms with Gasteiger partial charge in [0, 0.05) is 40.6 Å². The molecule has 1 aromatic heterocycles. The first kappa shape index (κ1) is 17.3. The number of aromatic amines is 1. The van der Waals surface area contributed by atoms with Gasteiger partial charge in [-0.05, 0) is 55.0 Å². The minimum Gasteiger partial charge on any atom is -0.361 e. The summed E-state index contributed by atoms with van der Waals surface area (Å²) in [6.07, 6.45) is 6.80. The molecule has 1 saturated carbocycles. The van der Waals surface area contributed by atoms with Gasteiger partial charge in [0.2, 0.25) is 5.91 Å². The van der Waals surface area contributed by atoms with Crippen molar-refractivity contribution in [3.8, 4) is 0 Å². The Morgan fingerprint density at radius 3 is 2.81 bits per heavy atom. The average molecular weight is 411 g/mol. The van der Waals surface area contributed by atoms with Crippen LogP contribution in [0.1, 0.15) is 36.8 Å². The Bertz CT molecular complexity index is 913. The summed E-state index contributed by atoms with van der Waals surface area (Å²) in [7, 11) is 0. The topological polar surface area (TPSA) is 36.1 Å². The quantitative estimate of drug-likeness (QED) is 0.552. The minimum absolute atomic E-state index is 0.285. The van der Waals surface area contributed by atoms with Crippen LogP contribution in [0.3, 0.4) is 0 Å². The van der Waals surface area contributed by atoms with Crippen molar-refractivity contribution >= 4 is 32.7 Å². The van der Waals surface area contributed by atoms with Crippen molar-refractivity contribution in [1.82, 2.24) is 9.88 Å².